The predicted octanol–water partition coefficient (Wildman–Crippen LogP) is 5.90. The Bertz CT molecular complexity index is 2100. The van der Waals surface area contributed by atoms with Crippen LogP contribution >= 0.6 is 0 Å². The summed E-state index contributed by atoms with van der Waals surface area (Å²) in [4.78, 5) is 99.2. The standard InChI is InChI=1S/C52H79N5O13.C4H8O/c1-14-33(6)43(54-46(60)44(55-51(65)70-52(8,9)10)34(7)68-50(64)40(56(11)12)28-35-22-24-37(66-13)25-23-35)41(58)29-42(59)69-45(32(4)5)47(61)53-38(27-31(2)3)48(62)57-26-18-21-39(57)49(63)67-30-36-19-16-15-17-20-36;1-2-4-5-3-1/h15-17,19-20,22-25,31-34,38-41,43-45,58H,14,18,21,26-30H2,1-13H3,(H,53,61)(H,54,60)(H,55,65);1-4H2/t33-,34+,38-,39-,40-,41-,43+,44-,45-;/m0./s1. The van der Waals surface area contributed by atoms with E-state index in [9.17, 15) is 38.7 Å². The maximum atomic E-state index is 14.2. The first kappa shape index (κ1) is 63.5. The molecule has 2 aliphatic rings. The van der Waals surface area contributed by atoms with Crippen LogP contribution in [0.3, 0.4) is 0 Å². The molecular formula is C56H87N5O14. The van der Waals surface area contributed by atoms with Crippen molar-refractivity contribution in [1.82, 2.24) is 25.8 Å². The number of nitrogens with one attached hydrogen (secondary N) is 3. The van der Waals surface area contributed by atoms with E-state index in [4.69, 9.17) is 28.4 Å². The molecule has 4 rings (SSSR count). The van der Waals surface area contributed by atoms with Crippen LogP contribution in [0.4, 0.5) is 4.79 Å². The van der Waals surface area contributed by atoms with Gasteiger partial charge in [-0.2, -0.15) is 0 Å². The molecule has 2 heterocycles. The van der Waals surface area contributed by atoms with Gasteiger partial charge in [0.05, 0.1) is 25.7 Å². The van der Waals surface area contributed by atoms with Crippen molar-refractivity contribution in [2.75, 3.05) is 41.0 Å². The van der Waals surface area contributed by atoms with Crippen molar-refractivity contribution < 1.29 is 67.1 Å². The maximum absolute atomic E-state index is 14.2. The molecule has 2 aromatic rings. The Kier molecular flexibility index (Phi) is 26.5. The highest BCUT2D eigenvalue weighted by molar-refractivity contribution is 5.93. The van der Waals surface area contributed by atoms with Gasteiger partial charge in [-0.1, -0.05) is 90.4 Å². The molecule has 75 heavy (non-hydrogen) atoms. The average molecular weight is 1050 g/mol. The van der Waals surface area contributed by atoms with Crippen LogP contribution in [-0.2, 0) is 65.5 Å². The second-order valence-electron chi connectivity index (χ2n) is 21.4. The number of methoxy groups -OCH3 is 1. The van der Waals surface area contributed by atoms with Gasteiger partial charge in [-0.15, -0.1) is 0 Å². The molecule has 19 heteroatoms. The summed E-state index contributed by atoms with van der Waals surface area (Å²) in [5.41, 5.74) is 0.687. The number of likely N-dealkylation sites (tertiary alicyclic amines) is 1. The van der Waals surface area contributed by atoms with Crippen LogP contribution in [0.1, 0.15) is 125 Å². The minimum Gasteiger partial charge on any atom is -0.497 e. The number of carbonyl (C=O) groups is 7. The van der Waals surface area contributed by atoms with Crippen LogP contribution in [0, 0.1) is 17.8 Å². The lowest BCUT2D eigenvalue weighted by Gasteiger charge is -2.33. The van der Waals surface area contributed by atoms with Gasteiger partial charge in [0.25, 0.3) is 5.91 Å². The summed E-state index contributed by atoms with van der Waals surface area (Å²) in [6.45, 7) is 19.4. The number of hydrogen-bond donors (Lipinski definition) is 4. The number of hydrogen-bond acceptors (Lipinski definition) is 15. The van der Waals surface area contributed by atoms with Gasteiger partial charge >= 0.3 is 24.0 Å². The molecule has 2 fully saturated rings. The van der Waals surface area contributed by atoms with Crippen LogP contribution < -0.4 is 20.7 Å². The van der Waals surface area contributed by atoms with Crippen molar-refractivity contribution in [2.45, 2.75) is 181 Å². The largest absolute Gasteiger partial charge is 0.497 e. The van der Waals surface area contributed by atoms with E-state index in [2.05, 4.69) is 16.0 Å². The van der Waals surface area contributed by atoms with Crippen LogP contribution in [0.2, 0.25) is 0 Å². The van der Waals surface area contributed by atoms with Crippen molar-refractivity contribution in [1.29, 1.82) is 0 Å². The average Bonchev–Trinajstić information content (AvgIpc) is 4.11. The lowest BCUT2D eigenvalue weighted by Crippen LogP contribution is -2.59. The number of amides is 4. The Morgan fingerprint density at radius 3 is 2.00 bits per heavy atom. The third-order valence-corrected chi connectivity index (χ3v) is 12.9. The molecule has 19 nitrogen and oxygen atoms in total. The van der Waals surface area contributed by atoms with Gasteiger partial charge in [0.15, 0.2) is 6.10 Å². The zero-order valence-electron chi connectivity index (χ0n) is 46.7. The number of esters is 3. The second kappa shape index (κ2) is 31.3. The van der Waals surface area contributed by atoms with Crippen LogP contribution in [0.5, 0.6) is 5.75 Å². The summed E-state index contributed by atoms with van der Waals surface area (Å²) in [5.74, 6) is -4.56. The molecule has 420 valence electrons. The van der Waals surface area contributed by atoms with Gasteiger partial charge in [-0.05, 0) is 121 Å². The van der Waals surface area contributed by atoms with E-state index in [1.54, 1.807) is 79.8 Å². The maximum Gasteiger partial charge on any atom is 0.408 e. The minimum atomic E-state index is -1.55. The van der Waals surface area contributed by atoms with Gasteiger partial charge < -0.3 is 54.4 Å². The number of benzene rings is 2. The summed E-state index contributed by atoms with van der Waals surface area (Å²) >= 11 is 0. The van der Waals surface area contributed by atoms with E-state index >= 15 is 0 Å². The number of likely N-dealkylation sites (N-methyl/N-ethyl adjacent to an activating group) is 1. The Hall–Kier alpha value is -5.79. The summed E-state index contributed by atoms with van der Waals surface area (Å²) in [6, 6.07) is 11.2. The normalized spacial score (nSPS) is 17.7. The van der Waals surface area contributed by atoms with Gasteiger partial charge in [0, 0.05) is 19.8 Å². The van der Waals surface area contributed by atoms with Crippen LogP contribution in [0.15, 0.2) is 54.6 Å². The number of carbonyl (C=O) groups excluding carboxylic acids is 7. The predicted molar refractivity (Wildman–Crippen MR) is 282 cm³/mol. The fourth-order valence-electron chi connectivity index (χ4n) is 8.49. The first-order chi connectivity index (χ1) is 35.3. The van der Waals surface area contributed by atoms with Gasteiger partial charge in [-0.25, -0.2) is 9.59 Å². The summed E-state index contributed by atoms with van der Waals surface area (Å²) < 4.78 is 32.8. The highest BCUT2D eigenvalue weighted by atomic mass is 16.6. The van der Waals surface area contributed by atoms with E-state index in [1.165, 1.54) is 24.7 Å². The molecule has 4 amide bonds. The lowest BCUT2D eigenvalue weighted by atomic mass is 9.92. The number of nitrogens with zero attached hydrogens (tertiary/aromatic N) is 2. The Morgan fingerprint density at radius 2 is 1.47 bits per heavy atom. The van der Waals surface area contributed by atoms with Crippen molar-refractivity contribution >= 4 is 41.7 Å². The van der Waals surface area contributed by atoms with E-state index in [-0.39, 0.29) is 25.4 Å². The van der Waals surface area contributed by atoms with Gasteiger partial charge in [-0.3, -0.25) is 28.9 Å². The molecular weight excluding hydrogens is 967 g/mol. The zero-order valence-corrected chi connectivity index (χ0v) is 46.7. The fraction of sp³-hybridized carbons (Fsp3) is 0.661. The molecule has 4 N–H and O–H groups in total. The van der Waals surface area contributed by atoms with Gasteiger partial charge in [0.2, 0.25) is 11.8 Å². The van der Waals surface area contributed by atoms with Crippen LogP contribution in [0.25, 0.3) is 0 Å². The number of ether oxygens (including phenoxy) is 6. The molecule has 0 spiro atoms. The van der Waals surface area contributed by atoms with Crippen molar-refractivity contribution in [3.63, 3.8) is 0 Å². The molecule has 0 aliphatic carbocycles. The van der Waals surface area contributed by atoms with Crippen molar-refractivity contribution in [3.05, 3.63) is 65.7 Å². The third-order valence-electron chi connectivity index (χ3n) is 12.9. The zero-order chi connectivity index (χ0) is 56.0. The lowest BCUT2D eigenvalue weighted by molar-refractivity contribution is -0.162. The molecule has 2 aromatic carbocycles. The quantitative estimate of drug-likeness (QED) is 0.0669. The van der Waals surface area contributed by atoms with E-state index in [0.717, 1.165) is 24.3 Å². The van der Waals surface area contributed by atoms with E-state index in [1.807, 2.05) is 63.2 Å². The van der Waals surface area contributed by atoms with Crippen LogP contribution in [-0.4, -0.2) is 152 Å². The van der Waals surface area contributed by atoms with Crippen molar-refractivity contribution in [2.24, 2.45) is 17.8 Å². The molecule has 0 saturated carbocycles. The third kappa shape index (κ3) is 21.8. The number of aliphatic hydroxyl groups excluding tert-OH is 1. The van der Waals surface area contributed by atoms with Crippen molar-refractivity contribution in [3.8, 4) is 5.75 Å². The minimum absolute atomic E-state index is 0.0442. The summed E-state index contributed by atoms with van der Waals surface area (Å²) in [5, 5.41) is 19.7. The number of alkyl carbamates (subject to hydrolysis) is 1. The van der Waals surface area contributed by atoms with E-state index < -0.39 is 114 Å². The molecule has 2 saturated heterocycles. The second-order valence-corrected chi connectivity index (χ2v) is 21.4. The first-order valence-electron chi connectivity index (χ1n) is 26.4. The smallest absolute Gasteiger partial charge is 0.408 e. The molecule has 2 aliphatic heterocycles. The monoisotopic (exact) mass is 1050 g/mol. The molecule has 0 radical (unpaired) electrons. The molecule has 9 atom stereocenters. The summed E-state index contributed by atoms with van der Waals surface area (Å²) in [6.07, 6.45) is -1.31. The molecule has 0 aromatic heterocycles. The highest BCUT2D eigenvalue weighted by Gasteiger charge is 2.41. The molecule has 0 bridgehead atoms. The highest BCUT2D eigenvalue weighted by Crippen LogP contribution is 2.24. The van der Waals surface area contributed by atoms with Gasteiger partial charge in [0.1, 0.15) is 48.2 Å². The number of aliphatic hydroxyl groups is 1. The molecule has 0 unspecified atom stereocenters. The SMILES string of the molecule is C1CCOC1.CC[C@H](C)[C@@H](NC(=O)[C@@H](NC(=O)OC(C)(C)C)[C@@H](C)OC(=O)[C@H](Cc1ccc(OC)cc1)N(C)C)[C@@H](O)CC(=O)O[C@H](C(=O)N[C@@H](CC(C)C)C(=O)N1CCC[C@H]1C(=O)OCc1ccccc1)C(C)C. The van der Waals surface area contributed by atoms with E-state index in [0.29, 0.717) is 31.6 Å². The first-order valence-corrected chi connectivity index (χ1v) is 26.4. The Labute approximate surface area is 444 Å². The fourth-order valence-corrected chi connectivity index (χ4v) is 8.49. The number of rotatable bonds is 25. The Morgan fingerprint density at radius 1 is 0.827 bits per heavy atom. The Balaban J connectivity index is 0.00000279. The summed E-state index contributed by atoms with van der Waals surface area (Å²) in [7, 11) is 4.98. The topological polar surface area (TPSA) is 238 Å².